The average Bonchev–Trinajstić information content (AvgIpc) is 3.15. The van der Waals surface area contributed by atoms with Crippen LogP contribution in [-0.4, -0.2) is 47.4 Å². The van der Waals surface area contributed by atoms with Crippen molar-refractivity contribution in [3.8, 4) is 11.5 Å². The molecule has 1 aliphatic rings. The minimum Gasteiger partial charge on any atom is -0.497 e. The number of nitrogens with one attached hydrogen (secondary N) is 1. The second kappa shape index (κ2) is 9.08. The van der Waals surface area contributed by atoms with Gasteiger partial charge in [-0.05, 0) is 60.7 Å². The number of hydrogen-bond donors (Lipinski definition) is 3. The zero-order valence-corrected chi connectivity index (χ0v) is 17.4. The third-order valence-electron chi connectivity index (χ3n) is 5.62. The Morgan fingerprint density at radius 3 is 2.67 bits per heavy atom. The summed E-state index contributed by atoms with van der Waals surface area (Å²) >= 11 is 0. The summed E-state index contributed by atoms with van der Waals surface area (Å²) in [5, 5.41) is 20.6. The minimum atomic E-state index is -0.583. The molecule has 1 aromatic heterocycles. The van der Waals surface area contributed by atoms with Crippen LogP contribution in [0.25, 0.3) is 10.9 Å². The second-order valence-corrected chi connectivity index (χ2v) is 7.96. The summed E-state index contributed by atoms with van der Waals surface area (Å²) in [7, 11) is 1.67. The molecule has 3 atom stereocenters. The van der Waals surface area contributed by atoms with E-state index in [4.69, 9.17) is 14.2 Å². The Morgan fingerprint density at radius 2 is 1.93 bits per heavy atom. The number of methoxy groups -OCH3 is 1. The van der Waals surface area contributed by atoms with Crippen molar-refractivity contribution in [1.82, 2.24) is 4.98 Å². The van der Waals surface area contributed by atoms with Gasteiger partial charge in [-0.2, -0.15) is 0 Å². The lowest BCUT2D eigenvalue weighted by Crippen LogP contribution is -2.40. The molecule has 4 rings (SSSR count). The summed E-state index contributed by atoms with van der Waals surface area (Å²) in [4.78, 5) is 3.36. The Hall–Kier alpha value is -2.54. The van der Waals surface area contributed by atoms with Crippen molar-refractivity contribution in [2.45, 2.75) is 51.1 Å². The van der Waals surface area contributed by atoms with Gasteiger partial charge in [0.05, 0.1) is 25.9 Å². The number of benzene rings is 2. The van der Waals surface area contributed by atoms with Crippen LogP contribution in [0.4, 0.5) is 0 Å². The van der Waals surface area contributed by atoms with Crippen LogP contribution in [0.15, 0.2) is 42.6 Å². The molecule has 0 radical (unpaired) electrons. The SMILES string of the molecule is COc1ccc(CCc2c[nH]c3cc(C)cc(OC4CC(O)CC(CO)O4)c23)cc1. The molecule has 0 aliphatic carbocycles. The van der Waals surface area contributed by atoms with E-state index in [2.05, 4.69) is 23.2 Å². The fourth-order valence-corrected chi connectivity index (χ4v) is 4.08. The van der Waals surface area contributed by atoms with E-state index in [0.29, 0.717) is 12.8 Å². The molecule has 6 nitrogen and oxygen atoms in total. The Bertz CT molecular complexity index is 981. The molecule has 1 fully saturated rings. The van der Waals surface area contributed by atoms with E-state index in [1.165, 1.54) is 11.1 Å². The van der Waals surface area contributed by atoms with Gasteiger partial charge >= 0.3 is 0 Å². The molecule has 2 aromatic carbocycles. The van der Waals surface area contributed by atoms with Gasteiger partial charge in [0.2, 0.25) is 6.29 Å². The Kier molecular flexibility index (Phi) is 6.27. The second-order valence-electron chi connectivity index (χ2n) is 7.96. The highest BCUT2D eigenvalue weighted by Gasteiger charge is 2.30. The van der Waals surface area contributed by atoms with Crippen LogP contribution in [0.1, 0.15) is 29.5 Å². The van der Waals surface area contributed by atoms with Crippen LogP contribution < -0.4 is 9.47 Å². The lowest BCUT2D eigenvalue weighted by Gasteiger charge is -2.32. The summed E-state index contributed by atoms with van der Waals surface area (Å²) in [5.41, 5.74) is 4.51. The Balaban J connectivity index is 1.56. The summed E-state index contributed by atoms with van der Waals surface area (Å²) in [6.45, 7) is 1.90. The number of aryl methyl sites for hydroxylation is 3. The van der Waals surface area contributed by atoms with Crippen LogP contribution in [0.5, 0.6) is 11.5 Å². The third kappa shape index (κ3) is 4.61. The van der Waals surface area contributed by atoms with Crippen molar-refractivity contribution >= 4 is 10.9 Å². The maximum atomic E-state index is 10.1. The standard InChI is InChI=1S/C24H29NO5/c1-15-9-21-24(22(10-15)30-23-12-18(27)11-20(14-26)29-23)17(13-25-21)6-3-16-4-7-19(28-2)8-5-16/h4-5,7-10,13,18,20,23,25-27H,3,6,11-12,14H2,1-2H3. The van der Waals surface area contributed by atoms with Crippen molar-refractivity contribution in [2.75, 3.05) is 13.7 Å². The van der Waals surface area contributed by atoms with Crippen molar-refractivity contribution in [3.63, 3.8) is 0 Å². The first kappa shape index (κ1) is 20.7. The topological polar surface area (TPSA) is 83.9 Å². The molecule has 6 heteroatoms. The molecular weight excluding hydrogens is 382 g/mol. The van der Waals surface area contributed by atoms with Crippen LogP contribution in [0, 0.1) is 6.92 Å². The fourth-order valence-electron chi connectivity index (χ4n) is 4.08. The van der Waals surface area contributed by atoms with Gasteiger partial charge in [-0.1, -0.05) is 12.1 Å². The number of aromatic nitrogens is 1. The molecule has 3 N–H and O–H groups in total. The van der Waals surface area contributed by atoms with Gasteiger partial charge in [-0.3, -0.25) is 0 Å². The van der Waals surface area contributed by atoms with Crippen LogP contribution in [0.2, 0.25) is 0 Å². The van der Waals surface area contributed by atoms with Crippen LogP contribution >= 0.6 is 0 Å². The number of H-pyrrole nitrogens is 1. The molecule has 30 heavy (non-hydrogen) atoms. The highest BCUT2D eigenvalue weighted by atomic mass is 16.7. The van der Waals surface area contributed by atoms with Gasteiger partial charge in [0.1, 0.15) is 11.5 Å². The molecular formula is C24H29NO5. The quantitative estimate of drug-likeness (QED) is 0.554. The van der Waals surface area contributed by atoms with E-state index in [1.54, 1.807) is 7.11 Å². The van der Waals surface area contributed by atoms with Gasteiger partial charge in [0, 0.05) is 29.9 Å². The van der Waals surface area contributed by atoms with Gasteiger partial charge < -0.3 is 29.4 Å². The molecule has 3 unspecified atom stereocenters. The maximum Gasteiger partial charge on any atom is 0.202 e. The monoisotopic (exact) mass is 411 g/mol. The van der Waals surface area contributed by atoms with E-state index in [9.17, 15) is 10.2 Å². The van der Waals surface area contributed by atoms with Gasteiger partial charge in [-0.15, -0.1) is 0 Å². The Morgan fingerprint density at radius 1 is 1.13 bits per heavy atom. The fraction of sp³-hybridized carbons (Fsp3) is 0.417. The minimum absolute atomic E-state index is 0.128. The summed E-state index contributed by atoms with van der Waals surface area (Å²) in [6, 6.07) is 12.2. The van der Waals surface area contributed by atoms with Crippen molar-refractivity contribution < 1.29 is 24.4 Å². The highest BCUT2D eigenvalue weighted by Crippen LogP contribution is 2.34. The average molecular weight is 411 g/mol. The number of fused-ring (bicyclic) bond motifs is 1. The van der Waals surface area contributed by atoms with Gasteiger partial charge in [0.15, 0.2) is 0 Å². The molecule has 0 saturated carbocycles. The molecule has 1 aliphatic heterocycles. The van der Waals surface area contributed by atoms with E-state index in [0.717, 1.165) is 40.8 Å². The molecule has 3 aromatic rings. The summed E-state index contributed by atoms with van der Waals surface area (Å²) in [5.74, 6) is 1.60. The molecule has 0 bridgehead atoms. The van der Waals surface area contributed by atoms with Gasteiger partial charge in [-0.25, -0.2) is 0 Å². The predicted molar refractivity (Wildman–Crippen MR) is 115 cm³/mol. The van der Waals surface area contributed by atoms with E-state index in [1.807, 2.05) is 31.3 Å². The largest absolute Gasteiger partial charge is 0.497 e. The zero-order chi connectivity index (χ0) is 21.1. The lowest BCUT2D eigenvalue weighted by atomic mass is 10.0. The molecule has 0 spiro atoms. The molecule has 1 saturated heterocycles. The number of hydrogen-bond acceptors (Lipinski definition) is 5. The number of aromatic amines is 1. The third-order valence-corrected chi connectivity index (χ3v) is 5.62. The van der Waals surface area contributed by atoms with Crippen LogP contribution in [-0.2, 0) is 17.6 Å². The lowest BCUT2D eigenvalue weighted by molar-refractivity contribution is -0.184. The van der Waals surface area contributed by atoms with Gasteiger partial charge in [0.25, 0.3) is 0 Å². The highest BCUT2D eigenvalue weighted by molar-refractivity contribution is 5.90. The normalized spacial score (nSPS) is 21.7. The number of aliphatic hydroxyl groups is 2. The molecule has 2 heterocycles. The van der Waals surface area contributed by atoms with Crippen LogP contribution in [0.3, 0.4) is 0 Å². The van der Waals surface area contributed by atoms with Crippen molar-refractivity contribution in [1.29, 1.82) is 0 Å². The van der Waals surface area contributed by atoms with Crippen molar-refractivity contribution in [2.24, 2.45) is 0 Å². The predicted octanol–water partition coefficient (Wildman–Crippen LogP) is 3.51. The summed E-state index contributed by atoms with van der Waals surface area (Å²) < 4.78 is 17.2. The zero-order valence-electron chi connectivity index (χ0n) is 17.4. The van der Waals surface area contributed by atoms with E-state index < -0.39 is 18.5 Å². The van der Waals surface area contributed by atoms with E-state index >= 15 is 0 Å². The first-order chi connectivity index (χ1) is 14.6. The summed E-state index contributed by atoms with van der Waals surface area (Å²) in [6.07, 6.45) is 3.08. The molecule has 0 amide bonds. The number of aliphatic hydroxyl groups excluding tert-OH is 2. The van der Waals surface area contributed by atoms with Crippen molar-refractivity contribution in [3.05, 3.63) is 59.3 Å². The van der Waals surface area contributed by atoms with E-state index in [-0.39, 0.29) is 6.61 Å². The smallest absolute Gasteiger partial charge is 0.202 e. The first-order valence-corrected chi connectivity index (χ1v) is 10.4. The molecule has 160 valence electrons. The number of ether oxygens (including phenoxy) is 3. The Labute approximate surface area is 176 Å². The maximum absolute atomic E-state index is 10.1. The first-order valence-electron chi connectivity index (χ1n) is 10.4. The number of rotatable bonds is 7.